The third kappa shape index (κ3) is 5.26. The fourth-order valence-corrected chi connectivity index (χ4v) is 1.71. The number of thiocarbonyl (C=S) groups is 1. The van der Waals surface area contributed by atoms with Crippen LogP contribution in [0.1, 0.15) is 18.1 Å². The van der Waals surface area contributed by atoms with Crippen molar-refractivity contribution in [2.75, 3.05) is 26.8 Å². The first kappa shape index (κ1) is 14.1. The van der Waals surface area contributed by atoms with Crippen LogP contribution in [0.15, 0.2) is 24.3 Å². The Morgan fingerprint density at radius 2 is 2.24 bits per heavy atom. The number of benzene rings is 1. The molecule has 0 radical (unpaired) electrons. The molecule has 1 aromatic carbocycles. The summed E-state index contributed by atoms with van der Waals surface area (Å²) >= 11 is 4.97. The van der Waals surface area contributed by atoms with Crippen LogP contribution in [0, 0.1) is 0 Å². The molecule has 0 aliphatic heterocycles. The van der Waals surface area contributed by atoms with Gasteiger partial charge in [0.25, 0.3) is 0 Å². The molecular weight excluding hydrogens is 232 g/mol. The van der Waals surface area contributed by atoms with Crippen LogP contribution < -0.4 is 5.73 Å². The Labute approximate surface area is 109 Å². The van der Waals surface area contributed by atoms with Gasteiger partial charge in [-0.05, 0) is 25.6 Å². The molecule has 0 saturated carbocycles. The molecule has 2 N–H and O–H groups in total. The van der Waals surface area contributed by atoms with E-state index in [9.17, 15) is 0 Å². The molecule has 0 saturated heterocycles. The summed E-state index contributed by atoms with van der Waals surface area (Å²) in [6.45, 7) is 5.34. The number of hydrogen-bond acceptors (Lipinski definition) is 3. The zero-order valence-electron chi connectivity index (χ0n) is 10.5. The van der Waals surface area contributed by atoms with Crippen LogP contribution in [-0.4, -0.2) is 36.7 Å². The van der Waals surface area contributed by atoms with Crippen LogP contribution >= 0.6 is 12.2 Å². The van der Waals surface area contributed by atoms with E-state index in [2.05, 4.69) is 18.0 Å². The van der Waals surface area contributed by atoms with Crippen molar-refractivity contribution >= 4 is 17.2 Å². The summed E-state index contributed by atoms with van der Waals surface area (Å²) < 4.78 is 5.32. The summed E-state index contributed by atoms with van der Waals surface area (Å²) in [7, 11) is 2.08. The van der Waals surface area contributed by atoms with Crippen LogP contribution in [0.3, 0.4) is 0 Å². The van der Waals surface area contributed by atoms with Crippen molar-refractivity contribution in [1.82, 2.24) is 4.90 Å². The van der Waals surface area contributed by atoms with Gasteiger partial charge in [-0.15, -0.1) is 0 Å². The van der Waals surface area contributed by atoms with Crippen molar-refractivity contribution in [2.24, 2.45) is 5.73 Å². The lowest BCUT2D eigenvalue weighted by atomic mass is 10.1. The monoisotopic (exact) mass is 252 g/mol. The van der Waals surface area contributed by atoms with Crippen molar-refractivity contribution in [3.8, 4) is 0 Å². The maximum atomic E-state index is 5.61. The van der Waals surface area contributed by atoms with Crippen LogP contribution in [-0.2, 0) is 11.3 Å². The zero-order chi connectivity index (χ0) is 12.7. The third-order valence-electron chi connectivity index (χ3n) is 2.49. The SMILES string of the molecule is CCOCCN(C)Cc1cccc(C(N)=S)c1. The number of rotatable bonds is 7. The minimum Gasteiger partial charge on any atom is -0.389 e. The Morgan fingerprint density at radius 3 is 2.88 bits per heavy atom. The molecule has 1 rings (SSSR count). The maximum absolute atomic E-state index is 5.61. The second-order valence-electron chi connectivity index (χ2n) is 4.00. The second kappa shape index (κ2) is 7.37. The van der Waals surface area contributed by atoms with E-state index in [-0.39, 0.29) is 0 Å². The predicted octanol–water partition coefficient (Wildman–Crippen LogP) is 1.79. The molecule has 0 aromatic heterocycles. The van der Waals surface area contributed by atoms with E-state index in [0.717, 1.165) is 31.9 Å². The summed E-state index contributed by atoms with van der Waals surface area (Å²) in [6.07, 6.45) is 0. The van der Waals surface area contributed by atoms with Gasteiger partial charge in [-0.3, -0.25) is 4.90 Å². The van der Waals surface area contributed by atoms with Gasteiger partial charge in [0.05, 0.1) is 6.61 Å². The molecule has 0 aliphatic carbocycles. The van der Waals surface area contributed by atoms with E-state index in [4.69, 9.17) is 22.7 Å². The molecule has 94 valence electrons. The molecule has 0 unspecified atom stereocenters. The average Bonchev–Trinajstić information content (AvgIpc) is 2.29. The second-order valence-corrected chi connectivity index (χ2v) is 4.44. The number of ether oxygens (including phenoxy) is 1. The number of nitrogens with zero attached hydrogens (tertiary/aromatic N) is 1. The summed E-state index contributed by atoms with van der Waals surface area (Å²) in [5.41, 5.74) is 7.75. The van der Waals surface area contributed by atoms with E-state index in [1.165, 1.54) is 5.56 Å². The number of nitrogens with two attached hydrogens (primary N) is 1. The molecule has 17 heavy (non-hydrogen) atoms. The standard InChI is InChI=1S/C13H20N2OS/c1-3-16-8-7-15(2)10-11-5-4-6-12(9-11)13(14)17/h4-6,9H,3,7-8,10H2,1-2H3,(H2,14,17). The van der Waals surface area contributed by atoms with Gasteiger partial charge in [-0.1, -0.05) is 30.4 Å². The van der Waals surface area contributed by atoms with Crippen LogP contribution in [0.25, 0.3) is 0 Å². The van der Waals surface area contributed by atoms with Gasteiger partial charge in [0, 0.05) is 25.3 Å². The number of likely N-dealkylation sites (N-methyl/N-ethyl adjacent to an activating group) is 1. The first-order valence-corrected chi connectivity index (χ1v) is 6.19. The van der Waals surface area contributed by atoms with Crippen molar-refractivity contribution in [1.29, 1.82) is 0 Å². The Morgan fingerprint density at radius 1 is 1.47 bits per heavy atom. The van der Waals surface area contributed by atoms with Gasteiger partial charge in [0.2, 0.25) is 0 Å². The minimum absolute atomic E-state index is 0.448. The van der Waals surface area contributed by atoms with Gasteiger partial charge in [-0.25, -0.2) is 0 Å². The van der Waals surface area contributed by atoms with E-state index in [1.807, 2.05) is 25.1 Å². The fourth-order valence-electron chi connectivity index (χ4n) is 1.58. The Kier molecular flexibility index (Phi) is 6.11. The van der Waals surface area contributed by atoms with Gasteiger partial charge in [-0.2, -0.15) is 0 Å². The Hall–Kier alpha value is -0.970. The molecule has 0 bridgehead atoms. The predicted molar refractivity (Wildman–Crippen MR) is 75.2 cm³/mol. The molecule has 0 aliphatic rings. The van der Waals surface area contributed by atoms with Crippen molar-refractivity contribution in [3.05, 3.63) is 35.4 Å². The quantitative estimate of drug-likeness (QED) is 0.593. The van der Waals surface area contributed by atoms with Crippen LogP contribution in [0.4, 0.5) is 0 Å². The fraction of sp³-hybridized carbons (Fsp3) is 0.462. The lowest BCUT2D eigenvalue weighted by molar-refractivity contribution is 0.120. The minimum atomic E-state index is 0.448. The van der Waals surface area contributed by atoms with Crippen molar-refractivity contribution in [2.45, 2.75) is 13.5 Å². The summed E-state index contributed by atoms with van der Waals surface area (Å²) in [5.74, 6) is 0. The highest BCUT2D eigenvalue weighted by Gasteiger charge is 2.02. The molecule has 0 fully saturated rings. The molecule has 0 atom stereocenters. The third-order valence-corrected chi connectivity index (χ3v) is 2.72. The van der Waals surface area contributed by atoms with E-state index in [1.54, 1.807) is 0 Å². The topological polar surface area (TPSA) is 38.5 Å². The van der Waals surface area contributed by atoms with E-state index >= 15 is 0 Å². The highest BCUT2D eigenvalue weighted by molar-refractivity contribution is 7.80. The van der Waals surface area contributed by atoms with Crippen molar-refractivity contribution < 1.29 is 4.74 Å². The first-order chi connectivity index (χ1) is 8.13. The largest absolute Gasteiger partial charge is 0.389 e. The smallest absolute Gasteiger partial charge is 0.103 e. The molecule has 4 heteroatoms. The van der Waals surface area contributed by atoms with Crippen molar-refractivity contribution in [3.63, 3.8) is 0 Å². The normalized spacial score (nSPS) is 10.8. The molecular formula is C13H20N2OS. The zero-order valence-corrected chi connectivity index (χ0v) is 11.3. The molecule has 0 heterocycles. The van der Waals surface area contributed by atoms with Gasteiger partial charge in [0.15, 0.2) is 0 Å². The lowest BCUT2D eigenvalue weighted by Gasteiger charge is -2.16. The molecule has 0 amide bonds. The number of hydrogen-bond donors (Lipinski definition) is 1. The molecule has 3 nitrogen and oxygen atoms in total. The highest BCUT2D eigenvalue weighted by atomic mass is 32.1. The summed E-state index contributed by atoms with van der Waals surface area (Å²) in [6, 6.07) is 8.05. The van der Waals surface area contributed by atoms with Gasteiger partial charge in [0.1, 0.15) is 4.99 Å². The summed E-state index contributed by atoms with van der Waals surface area (Å²) in [4.78, 5) is 2.66. The van der Waals surface area contributed by atoms with Gasteiger partial charge >= 0.3 is 0 Å². The van der Waals surface area contributed by atoms with E-state index < -0.39 is 0 Å². The Balaban J connectivity index is 2.50. The van der Waals surface area contributed by atoms with E-state index in [0.29, 0.717) is 4.99 Å². The van der Waals surface area contributed by atoms with Crippen LogP contribution in [0.5, 0.6) is 0 Å². The lowest BCUT2D eigenvalue weighted by Crippen LogP contribution is -2.23. The summed E-state index contributed by atoms with van der Waals surface area (Å²) in [5, 5.41) is 0. The first-order valence-electron chi connectivity index (χ1n) is 5.78. The highest BCUT2D eigenvalue weighted by Crippen LogP contribution is 2.07. The molecule has 1 aromatic rings. The average molecular weight is 252 g/mol. The van der Waals surface area contributed by atoms with Gasteiger partial charge < -0.3 is 10.5 Å². The maximum Gasteiger partial charge on any atom is 0.103 e. The van der Waals surface area contributed by atoms with Crippen LogP contribution in [0.2, 0.25) is 0 Å². The molecule has 0 spiro atoms. The Bertz CT molecular complexity index is 368.